The van der Waals surface area contributed by atoms with Gasteiger partial charge >= 0.3 is 0 Å². The van der Waals surface area contributed by atoms with Gasteiger partial charge < -0.3 is 15.4 Å². The Balaban J connectivity index is 1.92. The molecule has 0 aliphatic heterocycles. The van der Waals surface area contributed by atoms with Crippen LogP contribution in [0, 0.1) is 5.92 Å². The van der Waals surface area contributed by atoms with Gasteiger partial charge in [-0.15, -0.1) is 0 Å². The van der Waals surface area contributed by atoms with Gasteiger partial charge in [-0.25, -0.2) is 0 Å². The van der Waals surface area contributed by atoms with Gasteiger partial charge in [-0.05, 0) is 37.9 Å². The fourth-order valence-corrected chi connectivity index (χ4v) is 1.87. The minimum atomic E-state index is 0.276. The first kappa shape index (κ1) is 12.7. The Labute approximate surface area is 98.0 Å². The molecule has 0 aromatic rings. The van der Waals surface area contributed by atoms with Crippen molar-refractivity contribution in [3.8, 4) is 0 Å². The van der Waals surface area contributed by atoms with E-state index in [-0.39, 0.29) is 6.04 Å². The van der Waals surface area contributed by atoms with Crippen LogP contribution in [0.4, 0.5) is 0 Å². The summed E-state index contributed by atoms with van der Waals surface area (Å²) in [6.07, 6.45) is 5.45. The third-order valence-electron chi connectivity index (χ3n) is 2.57. The van der Waals surface area contributed by atoms with Gasteiger partial charge in [0.15, 0.2) is 5.11 Å². The Kier molecular flexibility index (Phi) is 5.95. The van der Waals surface area contributed by atoms with Crippen LogP contribution in [0.1, 0.15) is 32.6 Å². The quantitative estimate of drug-likeness (QED) is 0.515. The molecule has 15 heavy (non-hydrogen) atoms. The molecule has 1 aliphatic rings. The van der Waals surface area contributed by atoms with Gasteiger partial charge in [-0.2, -0.15) is 0 Å². The van der Waals surface area contributed by atoms with Crippen molar-refractivity contribution < 1.29 is 4.74 Å². The van der Waals surface area contributed by atoms with Crippen molar-refractivity contribution in [1.29, 1.82) is 0 Å². The van der Waals surface area contributed by atoms with Crippen LogP contribution in [0.2, 0.25) is 0 Å². The van der Waals surface area contributed by atoms with E-state index in [9.17, 15) is 0 Å². The van der Waals surface area contributed by atoms with E-state index in [0.717, 1.165) is 17.6 Å². The number of rotatable bonds is 7. The number of nitrogens with one attached hydrogen (secondary N) is 2. The molecule has 1 aliphatic carbocycles. The van der Waals surface area contributed by atoms with Crippen molar-refractivity contribution in [2.45, 2.75) is 38.6 Å². The summed E-state index contributed by atoms with van der Waals surface area (Å²) in [6.45, 7) is 3.73. The van der Waals surface area contributed by atoms with E-state index in [1.165, 1.54) is 25.7 Å². The maximum Gasteiger partial charge on any atom is 0.166 e. The van der Waals surface area contributed by atoms with Crippen LogP contribution in [-0.2, 0) is 4.74 Å². The highest BCUT2D eigenvalue weighted by molar-refractivity contribution is 7.80. The zero-order valence-electron chi connectivity index (χ0n) is 9.71. The Morgan fingerprint density at radius 2 is 2.27 bits per heavy atom. The minimum absolute atomic E-state index is 0.276. The smallest absolute Gasteiger partial charge is 0.166 e. The highest BCUT2D eigenvalue weighted by Crippen LogP contribution is 2.33. The number of ether oxygens (including phenoxy) is 1. The summed E-state index contributed by atoms with van der Waals surface area (Å²) in [5, 5.41) is 7.15. The van der Waals surface area contributed by atoms with E-state index < -0.39 is 0 Å². The second-order valence-corrected chi connectivity index (χ2v) is 4.75. The first-order valence-electron chi connectivity index (χ1n) is 5.75. The molecular formula is C11H22N2OS. The normalized spacial score (nSPS) is 17.2. The zero-order chi connectivity index (χ0) is 11.1. The summed E-state index contributed by atoms with van der Waals surface area (Å²) in [4.78, 5) is 0. The van der Waals surface area contributed by atoms with E-state index in [2.05, 4.69) is 17.6 Å². The topological polar surface area (TPSA) is 33.3 Å². The van der Waals surface area contributed by atoms with Crippen molar-refractivity contribution in [2.24, 2.45) is 5.92 Å². The molecule has 88 valence electrons. The summed E-state index contributed by atoms with van der Waals surface area (Å²) in [5.74, 6) is 1.01. The summed E-state index contributed by atoms with van der Waals surface area (Å²) in [6, 6.07) is 0.276. The number of thiocarbonyl (C=S) groups is 1. The van der Waals surface area contributed by atoms with Crippen LogP contribution in [0.5, 0.6) is 0 Å². The van der Waals surface area contributed by atoms with E-state index in [4.69, 9.17) is 17.0 Å². The van der Waals surface area contributed by atoms with E-state index in [1.807, 2.05) is 0 Å². The Bertz CT molecular complexity index is 195. The second-order valence-electron chi connectivity index (χ2n) is 4.34. The summed E-state index contributed by atoms with van der Waals surface area (Å²) in [7, 11) is 1.70. The molecule has 2 N–H and O–H groups in total. The van der Waals surface area contributed by atoms with Gasteiger partial charge in [0.05, 0.1) is 6.61 Å². The molecule has 3 nitrogen and oxygen atoms in total. The molecule has 1 rings (SSSR count). The van der Waals surface area contributed by atoms with Crippen LogP contribution in [0.3, 0.4) is 0 Å². The van der Waals surface area contributed by atoms with Crippen LogP contribution < -0.4 is 10.6 Å². The molecule has 0 bridgehead atoms. The fourth-order valence-electron chi connectivity index (χ4n) is 1.57. The number of methoxy groups -OCH3 is 1. The molecule has 4 heteroatoms. The molecular weight excluding hydrogens is 208 g/mol. The lowest BCUT2D eigenvalue weighted by Crippen LogP contribution is -2.42. The first-order chi connectivity index (χ1) is 7.22. The fraction of sp³-hybridized carbons (Fsp3) is 0.909. The third kappa shape index (κ3) is 6.68. The molecule has 1 atom stereocenters. The summed E-state index contributed by atoms with van der Waals surface area (Å²) in [5.41, 5.74) is 0. The number of hydrogen-bond donors (Lipinski definition) is 2. The van der Waals surface area contributed by atoms with Gasteiger partial charge in [0.25, 0.3) is 0 Å². The van der Waals surface area contributed by atoms with E-state index in [1.54, 1.807) is 7.11 Å². The predicted molar refractivity (Wildman–Crippen MR) is 67.0 cm³/mol. The van der Waals surface area contributed by atoms with Gasteiger partial charge in [0.2, 0.25) is 0 Å². The third-order valence-corrected chi connectivity index (χ3v) is 2.83. The maximum atomic E-state index is 5.16. The molecule has 1 saturated carbocycles. The molecule has 1 fully saturated rings. The van der Waals surface area contributed by atoms with Gasteiger partial charge in [0.1, 0.15) is 0 Å². The van der Waals surface area contributed by atoms with Gasteiger partial charge in [-0.3, -0.25) is 0 Å². The monoisotopic (exact) mass is 230 g/mol. The van der Waals surface area contributed by atoms with Crippen LogP contribution >= 0.6 is 12.2 Å². The standard InChI is InChI=1S/C11H22N2OS/c1-9(8-14-2)13-11(15)12-7-3-4-10-5-6-10/h9-10H,3-8H2,1-2H3,(H2,12,13,15). The highest BCUT2D eigenvalue weighted by Gasteiger charge is 2.19. The zero-order valence-corrected chi connectivity index (χ0v) is 10.5. The van der Waals surface area contributed by atoms with Crippen molar-refractivity contribution in [3.63, 3.8) is 0 Å². The lowest BCUT2D eigenvalue weighted by atomic mass is 10.2. The first-order valence-corrected chi connectivity index (χ1v) is 6.16. The molecule has 0 spiro atoms. The summed E-state index contributed by atoms with van der Waals surface area (Å²) < 4.78 is 5.02. The SMILES string of the molecule is COCC(C)NC(=S)NCCCC1CC1. The van der Waals surface area contributed by atoms with Crippen LogP contribution in [-0.4, -0.2) is 31.4 Å². The van der Waals surface area contributed by atoms with E-state index >= 15 is 0 Å². The van der Waals surface area contributed by atoms with Gasteiger partial charge in [-0.1, -0.05) is 12.8 Å². The van der Waals surface area contributed by atoms with E-state index in [0.29, 0.717) is 6.61 Å². The average Bonchev–Trinajstić information content (AvgIpc) is 2.96. The van der Waals surface area contributed by atoms with Gasteiger partial charge in [0, 0.05) is 19.7 Å². The minimum Gasteiger partial charge on any atom is -0.383 e. The van der Waals surface area contributed by atoms with Crippen molar-refractivity contribution in [1.82, 2.24) is 10.6 Å². The largest absolute Gasteiger partial charge is 0.383 e. The van der Waals surface area contributed by atoms with Crippen molar-refractivity contribution in [2.75, 3.05) is 20.3 Å². The Morgan fingerprint density at radius 3 is 2.87 bits per heavy atom. The molecule has 0 saturated heterocycles. The molecule has 0 amide bonds. The molecule has 0 aromatic carbocycles. The number of hydrogen-bond acceptors (Lipinski definition) is 2. The maximum absolute atomic E-state index is 5.16. The van der Waals surface area contributed by atoms with Crippen LogP contribution in [0.25, 0.3) is 0 Å². The molecule has 0 aromatic heterocycles. The predicted octanol–water partition coefficient (Wildman–Crippen LogP) is 1.68. The average molecular weight is 230 g/mol. The Hall–Kier alpha value is -0.350. The molecule has 0 heterocycles. The molecule has 0 radical (unpaired) electrons. The summed E-state index contributed by atoms with van der Waals surface area (Å²) >= 11 is 5.16. The lowest BCUT2D eigenvalue weighted by molar-refractivity contribution is 0.179. The Morgan fingerprint density at radius 1 is 1.53 bits per heavy atom. The van der Waals surface area contributed by atoms with Crippen molar-refractivity contribution in [3.05, 3.63) is 0 Å². The highest BCUT2D eigenvalue weighted by atomic mass is 32.1. The van der Waals surface area contributed by atoms with Crippen LogP contribution in [0.15, 0.2) is 0 Å². The lowest BCUT2D eigenvalue weighted by Gasteiger charge is -2.15. The molecule has 1 unspecified atom stereocenters. The second kappa shape index (κ2) is 7.01. The van der Waals surface area contributed by atoms with Crippen molar-refractivity contribution >= 4 is 17.3 Å².